The second-order valence-corrected chi connectivity index (χ2v) is 8.03. The summed E-state index contributed by atoms with van der Waals surface area (Å²) in [6.45, 7) is 4.26. The fourth-order valence-electron chi connectivity index (χ4n) is 3.14. The summed E-state index contributed by atoms with van der Waals surface area (Å²) in [5, 5.41) is 19.8. The van der Waals surface area contributed by atoms with E-state index in [0.717, 1.165) is 6.42 Å². The highest BCUT2D eigenvalue weighted by atomic mass is 32.1. The van der Waals surface area contributed by atoms with Gasteiger partial charge in [-0.2, -0.15) is 12.6 Å². The Kier molecular flexibility index (Phi) is 11.3. The van der Waals surface area contributed by atoms with Crippen molar-refractivity contribution in [2.45, 2.75) is 70.1 Å². The first-order chi connectivity index (χ1) is 14.6. The topological polar surface area (TPSA) is 180 Å². The third-order valence-corrected chi connectivity index (χ3v) is 5.64. The summed E-state index contributed by atoms with van der Waals surface area (Å²) in [5.74, 6) is -3.98. The van der Waals surface area contributed by atoms with Crippen molar-refractivity contribution in [2.24, 2.45) is 11.7 Å². The molecule has 1 aliphatic rings. The Bertz CT molecular complexity index is 670. The zero-order valence-electron chi connectivity index (χ0n) is 17.8. The van der Waals surface area contributed by atoms with E-state index in [4.69, 9.17) is 10.8 Å². The van der Waals surface area contributed by atoms with E-state index >= 15 is 0 Å². The molecular formula is C19H33N5O6S. The SMILES string of the molecule is CCC(C)C(NC(=O)C(CCC(N)=O)NC(=O)C1CCCN1)C(=O)NC(CS)C(=O)O. The lowest BCUT2D eigenvalue weighted by Gasteiger charge is -2.28. The van der Waals surface area contributed by atoms with Crippen molar-refractivity contribution in [3.05, 3.63) is 0 Å². The third kappa shape index (κ3) is 8.74. The largest absolute Gasteiger partial charge is 0.480 e. The molecule has 0 bridgehead atoms. The van der Waals surface area contributed by atoms with E-state index in [2.05, 4.69) is 33.9 Å². The number of aliphatic carboxylic acids is 1. The molecule has 1 heterocycles. The van der Waals surface area contributed by atoms with E-state index in [0.29, 0.717) is 19.4 Å². The van der Waals surface area contributed by atoms with Gasteiger partial charge in [-0.05, 0) is 31.7 Å². The van der Waals surface area contributed by atoms with Gasteiger partial charge in [0.1, 0.15) is 18.1 Å². The summed E-state index contributed by atoms with van der Waals surface area (Å²) >= 11 is 3.92. The number of nitrogens with one attached hydrogen (secondary N) is 4. The lowest BCUT2D eigenvalue weighted by Crippen LogP contribution is -2.58. The fourth-order valence-corrected chi connectivity index (χ4v) is 3.39. The van der Waals surface area contributed by atoms with Crippen LogP contribution in [-0.2, 0) is 24.0 Å². The number of hydrogen-bond acceptors (Lipinski definition) is 7. The van der Waals surface area contributed by atoms with Crippen LogP contribution in [0.15, 0.2) is 0 Å². The van der Waals surface area contributed by atoms with E-state index in [-0.39, 0.29) is 30.4 Å². The van der Waals surface area contributed by atoms with Crippen LogP contribution in [0.2, 0.25) is 0 Å². The highest BCUT2D eigenvalue weighted by Gasteiger charge is 2.33. The Labute approximate surface area is 187 Å². The summed E-state index contributed by atoms with van der Waals surface area (Å²) in [6.07, 6.45) is 1.85. The van der Waals surface area contributed by atoms with Crippen LogP contribution in [-0.4, -0.2) is 71.2 Å². The van der Waals surface area contributed by atoms with Crippen LogP contribution in [0.1, 0.15) is 46.0 Å². The van der Waals surface area contributed by atoms with Crippen molar-refractivity contribution >= 4 is 42.2 Å². The third-order valence-electron chi connectivity index (χ3n) is 5.28. The maximum Gasteiger partial charge on any atom is 0.327 e. The van der Waals surface area contributed by atoms with Gasteiger partial charge in [-0.15, -0.1) is 0 Å². The normalized spacial score (nSPS) is 19.5. The monoisotopic (exact) mass is 459 g/mol. The highest BCUT2D eigenvalue weighted by molar-refractivity contribution is 7.80. The Morgan fingerprint density at radius 2 is 1.81 bits per heavy atom. The molecule has 4 amide bonds. The average molecular weight is 460 g/mol. The number of carbonyl (C=O) groups is 5. The van der Waals surface area contributed by atoms with E-state index in [1.807, 2.05) is 6.92 Å². The van der Waals surface area contributed by atoms with Crippen LogP contribution in [0.3, 0.4) is 0 Å². The molecule has 11 nitrogen and oxygen atoms in total. The molecule has 31 heavy (non-hydrogen) atoms. The lowest BCUT2D eigenvalue weighted by atomic mass is 9.97. The Morgan fingerprint density at radius 1 is 1.13 bits per heavy atom. The maximum absolute atomic E-state index is 12.9. The van der Waals surface area contributed by atoms with Gasteiger partial charge in [0.05, 0.1) is 6.04 Å². The van der Waals surface area contributed by atoms with E-state index in [1.54, 1.807) is 6.92 Å². The van der Waals surface area contributed by atoms with Gasteiger partial charge in [0, 0.05) is 12.2 Å². The number of rotatable bonds is 13. The Morgan fingerprint density at radius 3 is 2.29 bits per heavy atom. The van der Waals surface area contributed by atoms with Crippen molar-refractivity contribution in [1.29, 1.82) is 0 Å². The zero-order chi connectivity index (χ0) is 23.6. The highest BCUT2D eigenvalue weighted by Crippen LogP contribution is 2.11. The van der Waals surface area contributed by atoms with Crippen molar-refractivity contribution in [1.82, 2.24) is 21.3 Å². The van der Waals surface area contributed by atoms with Gasteiger partial charge in [0.15, 0.2) is 0 Å². The number of nitrogens with two attached hydrogens (primary N) is 1. The van der Waals surface area contributed by atoms with E-state index < -0.39 is 47.9 Å². The second kappa shape index (κ2) is 13.2. The molecule has 7 N–H and O–H groups in total. The number of carboxylic acids is 1. The summed E-state index contributed by atoms with van der Waals surface area (Å²) in [4.78, 5) is 60.5. The molecule has 1 aliphatic heterocycles. The minimum atomic E-state index is -1.24. The quantitative estimate of drug-likeness (QED) is 0.164. The van der Waals surface area contributed by atoms with Crippen molar-refractivity contribution in [3.63, 3.8) is 0 Å². The molecule has 0 aliphatic carbocycles. The molecule has 1 fully saturated rings. The minimum absolute atomic E-state index is 0.0249. The van der Waals surface area contributed by atoms with Crippen molar-refractivity contribution < 1.29 is 29.1 Å². The smallest absolute Gasteiger partial charge is 0.327 e. The molecule has 0 spiro atoms. The molecule has 5 unspecified atom stereocenters. The standard InChI is InChI=1S/C19H33N5O6S/c1-3-10(2)15(18(28)23-13(9-31)19(29)30)24-17(27)12(6-7-14(20)25)22-16(26)11-5-4-8-21-11/h10-13,15,21,31H,3-9H2,1-2H3,(H2,20,25)(H,22,26)(H,23,28)(H,24,27)(H,29,30). The molecule has 0 aromatic rings. The van der Waals surface area contributed by atoms with Gasteiger partial charge in [-0.3, -0.25) is 19.2 Å². The predicted molar refractivity (Wildman–Crippen MR) is 116 cm³/mol. The summed E-state index contributed by atoms with van der Waals surface area (Å²) in [5.41, 5.74) is 5.19. The lowest BCUT2D eigenvalue weighted by molar-refractivity contribution is -0.142. The summed E-state index contributed by atoms with van der Waals surface area (Å²) in [7, 11) is 0. The number of hydrogen-bond donors (Lipinski definition) is 7. The molecule has 176 valence electrons. The Balaban J connectivity index is 2.93. The zero-order valence-corrected chi connectivity index (χ0v) is 18.7. The summed E-state index contributed by atoms with van der Waals surface area (Å²) in [6, 6.07) is -3.74. The van der Waals surface area contributed by atoms with Gasteiger partial charge < -0.3 is 32.1 Å². The van der Waals surface area contributed by atoms with E-state index in [1.165, 1.54) is 0 Å². The van der Waals surface area contributed by atoms with Gasteiger partial charge >= 0.3 is 5.97 Å². The number of carbonyl (C=O) groups excluding carboxylic acids is 4. The molecule has 5 atom stereocenters. The maximum atomic E-state index is 12.9. The van der Waals surface area contributed by atoms with Gasteiger partial charge in [0.25, 0.3) is 0 Å². The van der Waals surface area contributed by atoms with E-state index in [9.17, 15) is 24.0 Å². The number of carboxylic acid groups (broad SMARTS) is 1. The first-order valence-corrected chi connectivity index (χ1v) is 11.0. The second-order valence-electron chi connectivity index (χ2n) is 7.67. The molecule has 0 saturated carbocycles. The minimum Gasteiger partial charge on any atom is -0.480 e. The molecular weight excluding hydrogens is 426 g/mol. The first kappa shape index (κ1) is 26.7. The molecule has 1 saturated heterocycles. The van der Waals surface area contributed by atoms with Gasteiger partial charge in [0.2, 0.25) is 23.6 Å². The molecule has 1 rings (SSSR count). The fraction of sp³-hybridized carbons (Fsp3) is 0.737. The number of thiol groups is 1. The predicted octanol–water partition coefficient (Wildman–Crippen LogP) is -1.48. The van der Waals surface area contributed by atoms with Crippen molar-refractivity contribution in [2.75, 3.05) is 12.3 Å². The van der Waals surface area contributed by atoms with Crippen LogP contribution < -0.4 is 27.0 Å². The average Bonchev–Trinajstić information content (AvgIpc) is 3.26. The number of amides is 4. The van der Waals surface area contributed by atoms with Gasteiger partial charge in [-0.25, -0.2) is 4.79 Å². The molecule has 0 radical (unpaired) electrons. The van der Waals surface area contributed by atoms with Crippen LogP contribution in [0.4, 0.5) is 0 Å². The first-order valence-electron chi connectivity index (χ1n) is 10.4. The van der Waals surface area contributed by atoms with Gasteiger partial charge in [-0.1, -0.05) is 20.3 Å². The molecule has 0 aromatic carbocycles. The Hall–Kier alpha value is -2.34. The number of primary amides is 1. The van der Waals surface area contributed by atoms with Crippen LogP contribution in [0, 0.1) is 5.92 Å². The molecule has 0 aromatic heterocycles. The van der Waals surface area contributed by atoms with Crippen LogP contribution >= 0.6 is 12.6 Å². The van der Waals surface area contributed by atoms with Crippen LogP contribution in [0.25, 0.3) is 0 Å². The van der Waals surface area contributed by atoms with Crippen LogP contribution in [0.5, 0.6) is 0 Å². The van der Waals surface area contributed by atoms with Crippen molar-refractivity contribution in [3.8, 4) is 0 Å². The molecule has 12 heteroatoms. The summed E-state index contributed by atoms with van der Waals surface area (Å²) < 4.78 is 0.